The number of aliphatic hydroxyl groups excluding tert-OH is 1. The Balaban J connectivity index is 1.25. The average molecular weight is 813 g/mol. The predicted molar refractivity (Wildman–Crippen MR) is 212 cm³/mol. The van der Waals surface area contributed by atoms with E-state index in [1.165, 1.54) is 15.9 Å². The highest BCUT2D eigenvalue weighted by molar-refractivity contribution is 6.31. The van der Waals surface area contributed by atoms with Gasteiger partial charge in [0.1, 0.15) is 29.2 Å². The van der Waals surface area contributed by atoms with Crippen LogP contribution in [-0.4, -0.2) is 111 Å². The summed E-state index contributed by atoms with van der Waals surface area (Å²) in [5.74, 6) is -0.355. The van der Waals surface area contributed by atoms with Crippen molar-refractivity contribution in [1.82, 2.24) is 34.9 Å². The Morgan fingerprint density at radius 1 is 1.05 bits per heavy atom. The van der Waals surface area contributed by atoms with Crippen molar-refractivity contribution >= 4 is 41.1 Å². The second kappa shape index (κ2) is 18.5. The lowest BCUT2D eigenvalue weighted by atomic mass is 9.81. The number of aliphatic hydroxyl groups is 1. The van der Waals surface area contributed by atoms with Gasteiger partial charge in [0, 0.05) is 54.9 Å². The highest BCUT2D eigenvalue weighted by atomic mass is 35.5. The number of carbonyl (C=O) groups is 3. The van der Waals surface area contributed by atoms with Crippen LogP contribution in [0.25, 0.3) is 11.3 Å². The standard InChI is InChI=1S/C40H48Cl2FN7O6/c1-25(37(52)46-33(23-51)38(53)49(5)40(15-6-16-50(24-40)39(54)55)19-26-7-11-28(41)12-8-26)44-20-31-32(43)17-29(42)18-35(31)56-30-13-9-27(10-14-30)34-21-45-36(48(34)4)22-47(2)3/h7-14,17-18,21,25,33,44,51H,6,15-16,19-20,22-24H2,1-5H3,(H,46,52)(H,54,55)/t25-,33-,40?/m0/s1. The number of nitrogens with one attached hydrogen (secondary N) is 2. The molecule has 300 valence electrons. The molecule has 13 nitrogen and oxygen atoms in total. The number of carboxylic acid groups (broad SMARTS) is 1. The maximum atomic E-state index is 15.4. The molecule has 1 aromatic heterocycles. The minimum Gasteiger partial charge on any atom is -0.465 e. The number of aromatic nitrogens is 2. The van der Waals surface area contributed by atoms with E-state index < -0.39 is 48.0 Å². The maximum absolute atomic E-state index is 15.4. The van der Waals surface area contributed by atoms with Gasteiger partial charge in [0.05, 0.1) is 36.6 Å². The molecule has 2 heterocycles. The summed E-state index contributed by atoms with van der Waals surface area (Å²) in [7, 11) is 7.46. The average Bonchev–Trinajstić information content (AvgIpc) is 3.52. The van der Waals surface area contributed by atoms with Gasteiger partial charge < -0.3 is 44.9 Å². The molecule has 1 aliphatic rings. The van der Waals surface area contributed by atoms with E-state index in [4.69, 9.17) is 27.9 Å². The largest absolute Gasteiger partial charge is 0.465 e. The Morgan fingerprint density at radius 3 is 2.39 bits per heavy atom. The van der Waals surface area contributed by atoms with Crippen molar-refractivity contribution < 1.29 is 33.7 Å². The van der Waals surface area contributed by atoms with E-state index in [1.54, 1.807) is 38.2 Å². The Kier molecular flexibility index (Phi) is 14.0. The fraction of sp³-hybridized carbons (Fsp3) is 0.400. The summed E-state index contributed by atoms with van der Waals surface area (Å²) in [6.45, 7) is 1.75. The fourth-order valence-corrected chi connectivity index (χ4v) is 7.22. The lowest BCUT2D eigenvalue weighted by Crippen LogP contribution is -2.64. The van der Waals surface area contributed by atoms with E-state index in [0.29, 0.717) is 43.1 Å². The predicted octanol–water partition coefficient (Wildman–Crippen LogP) is 5.56. The first-order valence-electron chi connectivity index (χ1n) is 18.2. The quantitative estimate of drug-likeness (QED) is 0.121. The van der Waals surface area contributed by atoms with Crippen LogP contribution in [0.3, 0.4) is 0 Å². The summed E-state index contributed by atoms with van der Waals surface area (Å²) in [5, 5.41) is 26.4. The number of benzene rings is 3. The number of imidazole rings is 1. The molecule has 0 saturated carbocycles. The molecule has 0 aliphatic carbocycles. The molecule has 3 aromatic carbocycles. The zero-order valence-corrected chi connectivity index (χ0v) is 33.6. The summed E-state index contributed by atoms with van der Waals surface area (Å²) in [4.78, 5) is 48.7. The Hall–Kier alpha value is -4.73. The monoisotopic (exact) mass is 811 g/mol. The van der Waals surface area contributed by atoms with Gasteiger partial charge in [-0.3, -0.25) is 9.59 Å². The van der Waals surface area contributed by atoms with Crippen molar-refractivity contribution in [2.45, 2.75) is 56.9 Å². The maximum Gasteiger partial charge on any atom is 0.407 e. The van der Waals surface area contributed by atoms with Crippen LogP contribution in [0.4, 0.5) is 9.18 Å². The van der Waals surface area contributed by atoms with E-state index in [9.17, 15) is 24.6 Å². The van der Waals surface area contributed by atoms with Crippen LogP contribution in [0.1, 0.15) is 36.7 Å². The van der Waals surface area contributed by atoms with Gasteiger partial charge in [-0.25, -0.2) is 14.2 Å². The van der Waals surface area contributed by atoms with Crippen LogP contribution in [0.2, 0.25) is 10.0 Å². The number of amides is 3. The van der Waals surface area contributed by atoms with Gasteiger partial charge in [0.15, 0.2) is 0 Å². The Morgan fingerprint density at radius 2 is 1.75 bits per heavy atom. The van der Waals surface area contributed by atoms with E-state index in [-0.39, 0.29) is 29.4 Å². The van der Waals surface area contributed by atoms with Crippen LogP contribution in [0, 0.1) is 5.82 Å². The zero-order chi connectivity index (χ0) is 40.7. The van der Waals surface area contributed by atoms with Crippen molar-refractivity contribution in [3.05, 3.63) is 99.7 Å². The summed E-state index contributed by atoms with van der Waals surface area (Å²) in [5.41, 5.74) is 1.85. The lowest BCUT2D eigenvalue weighted by molar-refractivity contribution is -0.143. The smallest absolute Gasteiger partial charge is 0.407 e. The molecule has 56 heavy (non-hydrogen) atoms. The van der Waals surface area contributed by atoms with Gasteiger partial charge >= 0.3 is 6.09 Å². The van der Waals surface area contributed by atoms with Crippen molar-refractivity contribution in [2.75, 3.05) is 40.8 Å². The Bertz CT molecular complexity index is 2010. The lowest BCUT2D eigenvalue weighted by Gasteiger charge is -2.48. The number of nitrogens with zero attached hydrogens (tertiary/aromatic N) is 5. The highest BCUT2D eigenvalue weighted by Gasteiger charge is 2.44. The van der Waals surface area contributed by atoms with Crippen LogP contribution >= 0.6 is 23.2 Å². The molecule has 4 N–H and O–H groups in total. The van der Waals surface area contributed by atoms with Crippen LogP contribution in [0.5, 0.6) is 11.5 Å². The number of hydrogen-bond acceptors (Lipinski definition) is 8. The molecule has 5 rings (SSSR count). The van der Waals surface area contributed by atoms with Gasteiger partial charge in [0.25, 0.3) is 0 Å². The van der Waals surface area contributed by atoms with Gasteiger partial charge in [-0.15, -0.1) is 0 Å². The number of carbonyl (C=O) groups excluding carboxylic acids is 2. The normalized spacial score (nSPS) is 16.7. The van der Waals surface area contributed by atoms with Gasteiger partial charge in [-0.2, -0.15) is 0 Å². The third-order valence-corrected chi connectivity index (χ3v) is 10.6. The number of likely N-dealkylation sites (N-methyl/N-ethyl adjacent to an activating group) is 1. The molecule has 0 radical (unpaired) electrons. The molecular weight excluding hydrogens is 764 g/mol. The molecule has 1 aliphatic heterocycles. The second-order valence-corrected chi connectivity index (χ2v) is 15.3. The molecule has 1 fully saturated rings. The van der Waals surface area contributed by atoms with Crippen molar-refractivity contribution in [1.29, 1.82) is 0 Å². The number of hydrogen-bond donors (Lipinski definition) is 4. The van der Waals surface area contributed by atoms with E-state index in [2.05, 4.69) is 15.6 Å². The molecule has 1 saturated heterocycles. The molecular formula is C40H48Cl2FN7O6. The number of likely N-dealkylation sites (tertiary alicyclic amines) is 1. The van der Waals surface area contributed by atoms with Gasteiger partial charge in [0.2, 0.25) is 11.8 Å². The molecule has 4 aromatic rings. The molecule has 16 heteroatoms. The fourth-order valence-electron chi connectivity index (χ4n) is 6.90. The first kappa shape index (κ1) is 42.4. The second-order valence-electron chi connectivity index (χ2n) is 14.4. The third kappa shape index (κ3) is 10.2. The topological polar surface area (TPSA) is 152 Å². The Labute approximate surface area is 336 Å². The van der Waals surface area contributed by atoms with E-state index in [1.807, 2.05) is 61.1 Å². The molecule has 0 bridgehead atoms. The minimum absolute atomic E-state index is 0.0424. The molecule has 3 amide bonds. The number of ether oxygens (including phenoxy) is 1. The van der Waals surface area contributed by atoms with Crippen LogP contribution in [-0.2, 0) is 36.1 Å². The number of halogens is 3. The number of piperidine rings is 1. The molecule has 0 spiro atoms. The van der Waals surface area contributed by atoms with Crippen molar-refractivity contribution in [2.24, 2.45) is 7.05 Å². The first-order valence-corrected chi connectivity index (χ1v) is 18.9. The van der Waals surface area contributed by atoms with E-state index >= 15 is 4.39 Å². The SMILES string of the molecule is C[C@H](NCc1c(F)cc(Cl)cc1Oc1ccc(-c2cnc(CN(C)C)n2C)cc1)C(=O)N[C@@H](CO)C(=O)N(C)C1(Cc2ccc(Cl)cc2)CCCN(C(=O)O)C1. The van der Waals surface area contributed by atoms with Crippen LogP contribution in [0.15, 0.2) is 66.9 Å². The summed E-state index contributed by atoms with van der Waals surface area (Å²) < 4.78 is 23.5. The van der Waals surface area contributed by atoms with E-state index in [0.717, 1.165) is 28.7 Å². The number of rotatable bonds is 15. The third-order valence-electron chi connectivity index (χ3n) is 10.1. The minimum atomic E-state index is -1.33. The first-order chi connectivity index (χ1) is 26.6. The summed E-state index contributed by atoms with van der Waals surface area (Å²) in [6, 6.07) is 14.7. The zero-order valence-electron chi connectivity index (χ0n) is 32.1. The van der Waals surface area contributed by atoms with Crippen LogP contribution < -0.4 is 15.4 Å². The van der Waals surface area contributed by atoms with Crippen molar-refractivity contribution in [3.63, 3.8) is 0 Å². The van der Waals surface area contributed by atoms with Gasteiger partial charge in [-0.1, -0.05) is 35.3 Å². The highest BCUT2D eigenvalue weighted by Crippen LogP contribution is 2.34. The molecule has 1 unspecified atom stereocenters. The molecule has 3 atom stereocenters. The van der Waals surface area contributed by atoms with Crippen molar-refractivity contribution in [3.8, 4) is 22.8 Å². The summed E-state index contributed by atoms with van der Waals surface area (Å²) in [6.07, 6.45) is 2.04. The summed E-state index contributed by atoms with van der Waals surface area (Å²) >= 11 is 12.3. The van der Waals surface area contributed by atoms with Gasteiger partial charge in [-0.05, 0) is 94.4 Å².